The van der Waals surface area contributed by atoms with Gasteiger partial charge in [-0.2, -0.15) is 0 Å². The Labute approximate surface area is 89.7 Å². The summed E-state index contributed by atoms with van der Waals surface area (Å²) in [6.07, 6.45) is 0.412. The standard InChI is InChI=1S/C11H14O3S/c1-8-7-15(13,14)11-9(5-6-12)3-2-4-10(8)11/h2-4,8,12H,5-7H2,1H3. The molecule has 82 valence electrons. The minimum absolute atomic E-state index is 0.0135. The van der Waals surface area contributed by atoms with Gasteiger partial charge in [-0.05, 0) is 23.5 Å². The molecule has 0 saturated heterocycles. The highest BCUT2D eigenvalue weighted by atomic mass is 32.2. The van der Waals surface area contributed by atoms with Crippen LogP contribution in [-0.2, 0) is 16.3 Å². The third-order valence-corrected chi connectivity index (χ3v) is 4.88. The lowest BCUT2D eigenvalue weighted by Crippen LogP contribution is -2.04. The minimum atomic E-state index is -3.12. The number of fused-ring (bicyclic) bond motifs is 1. The molecule has 0 spiro atoms. The molecule has 1 unspecified atom stereocenters. The smallest absolute Gasteiger partial charge is 0.179 e. The van der Waals surface area contributed by atoms with Crippen LogP contribution in [0.1, 0.15) is 24.0 Å². The van der Waals surface area contributed by atoms with Gasteiger partial charge in [-0.1, -0.05) is 25.1 Å². The SMILES string of the molecule is CC1CS(=O)(=O)c2c(CCO)cccc21. The quantitative estimate of drug-likeness (QED) is 0.822. The van der Waals surface area contributed by atoms with Crippen molar-refractivity contribution in [1.82, 2.24) is 0 Å². The van der Waals surface area contributed by atoms with E-state index in [-0.39, 0.29) is 18.3 Å². The number of benzene rings is 1. The first-order valence-corrected chi connectivity index (χ1v) is 6.67. The van der Waals surface area contributed by atoms with E-state index in [1.165, 1.54) is 0 Å². The molecule has 0 aliphatic carbocycles. The highest BCUT2D eigenvalue weighted by Gasteiger charge is 2.33. The average molecular weight is 226 g/mol. The number of aliphatic hydroxyl groups is 1. The van der Waals surface area contributed by atoms with E-state index in [0.717, 1.165) is 11.1 Å². The normalized spacial score (nSPS) is 22.7. The zero-order valence-corrected chi connectivity index (χ0v) is 9.42. The monoisotopic (exact) mass is 226 g/mol. The molecule has 0 saturated carbocycles. The van der Waals surface area contributed by atoms with E-state index < -0.39 is 9.84 Å². The maximum Gasteiger partial charge on any atom is 0.179 e. The molecule has 3 nitrogen and oxygen atoms in total. The van der Waals surface area contributed by atoms with Crippen LogP contribution >= 0.6 is 0 Å². The topological polar surface area (TPSA) is 54.4 Å². The lowest BCUT2D eigenvalue weighted by molar-refractivity contribution is 0.298. The molecule has 1 atom stereocenters. The summed E-state index contributed by atoms with van der Waals surface area (Å²) in [5, 5.41) is 8.89. The van der Waals surface area contributed by atoms with E-state index in [1.54, 1.807) is 6.07 Å². The molecule has 2 rings (SSSR count). The molecule has 0 bridgehead atoms. The Hall–Kier alpha value is -0.870. The molecule has 1 aromatic carbocycles. The Morgan fingerprint density at radius 2 is 2.20 bits per heavy atom. The molecule has 1 N–H and O–H groups in total. The summed E-state index contributed by atoms with van der Waals surface area (Å²) >= 11 is 0. The van der Waals surface area contributed by atoms with Gasteiger partial charge >= 0.3 is 0 Å². The van der Waals surface area contributed by atoms with Gasteiger partial charge in [-0.25, -0.2) is 8.42 Å². The molecule has 1 aliphatic rings. The third-order valence-electron chi connectivity index (χ3n) is 2.82. The molecule has 15 heavy (non-hydrogen) atoms. The molecule has 0 fully saturated rings. The van der Waals surface area contributed by atoms with E-state index in [2.05, 4.69) is 0 Å². The maximum absolute atomic E-state index is 11.9. The number of aliphatic hydroxyl groups excluding tert-OH is 1. The Balaban J connectivity index is 2.64. The molecule has 0 amide bonds. The molecular weight excluding hydrogens is 212 g/mol. The van der Waals surface area contributed by atoms with Gasteiger partial charge < -0.3 is 5.11 Å². The summed E-state index contributed by atoms with van der Waals surface area (Å²) in [6, 6.07) is 5.51. The number of hydrogen-bond acceptors (Lipinski definition) is 3. The maximum atomic E-state index is 11.9. The van der Waals surface area contributed by atoms with Crippen molar-refractivity contribution in [2.24, 2.45) is 0 Å². The highest BCUT2D eigenvalue weighted by molar-refractivity contribution is 7.91. The van der Waals surface area contributed by atoms with Gasteiger partial charge in [0.1, 0.15) is 0 Å². The molecule has 1 heterocycles. The highest BCUT2D eigenvalue weighted by Crippen LogP contribution is 2.36. The first kappa shape index (κ1) is 10.6. The second-order valence-corrected chi connectivity index (χ2v) is 5.96. The second-order valence-electron chi connectivity index (χ2n) is 3.99. The second kappa shape index (κ2) is 3.61. The number of hydrogen-bond donors (Lipinski definition) is 1. The lowest BCUT2D eigenvalue weighted by Gasteiger charge is -2.06. The van der Waals surface area contributed by atoms with Gasteiger partial charge in [-0.3, -0.25) is 0 Å². The fraction of sp³-hybridized carbons (Fsp3) is 0.455. The van der Waals surface area contributed by atoms with Gasteiger partial charge in [0.2, 0.25) is 0 Å². The van der Waals surface area contributed by atoms with Crippen molar-refractivity contribution >= 4 is 9.84 Å². The summed E-state index contributed by atoms with van der Waals surface area (Å²) in [5.74, 6) is 0.272. The van der Waals surface area contributed by atoms with Gasteiger partial charge in [0.15, 0.2) is 9.84 Å². The minimum Gasteiger partial charge on any atom is -0.396 e. The van der Waals surface area contributed by atoms with Crippen LogP contribution in [0.15, 0.2) is 23.1 Å². The predicted molar refractivity (Wildman–Crippen MR) is 57.7 cm³/mol. The first-order valence-electron chi connectivity index (χ1n) is 5.01. The van der Waals surface area contributed by atoms with Crippen molar-refractivity contribution in [3.63, 3.8) is 0 Å². The molecule has 0 aromatic heterocycles. The Kier molecular flexibility index (Phi) is 2.56. The van der Waals surface area contributed by atoms with Gasteiger partial charge in [0, 0.05) is 6.61 Å². The first-order chi connectivity index (χ1) is 7.06. The zero-order valence-electron chi connectivity index (χ0n) is 8.60. The van der Waals surface area contributed by atoms with E-state index in [0.29, 0.717) is 11.3 Å². The van der Waals surface area contributed by atoms with E-state index in [9.17, 15) is 8.42 Å². The fourth-order valence-corrected chi connectivity index (χ4v) is 4.39. The van der Waals surface area contributed by atoms with Crippen LogP contribution in [0.25, 0.3) is 0 Å². The van der Waals surface area contributed by atoms with Crippen LogP contribution < -0.4 is 0 Å². The Morgan fingerprint density at radius 1 is 1.47 bits per heavy atom. The van der Waals surface area contributed by atoms with E-state index >= 15 is 0 Å². The van der Waals surface area contributed by atoms with Gasteiger partial charge in [-0.15, -0.1) is 0 Å². The summed E-state index contributed by atoms with van der Waals surface area (Å²) in [5.41, 5.74) is 1.65. The Bertz CT molecular complexity index is 477. The largest absolute Gasteiger partial charge is 0.396 e. The van der Waals surface area contributed by atoms with Crippen LogP contribution in [0, 0.1) is 0 Å². The summed E-state index contributed by atoms with van der Waals surface area (Å²) in [7, 11) is -3.12. The van der Waals surface area contributed by atoms with Crippen LogP contribution in [-0.4, -0.2) is 25.9 Å². The summed E-state index contributed by atoms with van der Waals surface area (Å²) < 4.78 is 23.8. The van der Waals surface area contributed by atoms with Gasteiger partial charge in [0.05, 0.1) is 10.6 Å². The van der Waals surface area contributed by atoms with Crippen molar-refractivity contribution in [2.75, 3.05) is 12.4 Å². The zero-order chi connectivity index (χ0) is 11.1. The summed E-state index contributed by atoms with van der Waals surface area (Å²) in [4.78, 5) is 0.464. The predicted octanol–water partition coefficient (Wildman–Crippen LogP) is 1.11. The molecular formula is C11H14O3S. The van der Waals surface area contributed by atoms with Crippen LogP contribution in [0.4, 0.5) is 0 Å². The van der Waals surface area contributed by atoms with Crippen LogP contribution in [0.3, 0.4) is 0 Å². The molecule has 0 radical (unpaired) electrons. The Morgan fingerprint density at radius 3 is 2.87 bits per heavy atom. The number of rotatable bonds is 2. The van der Waals surface area contributed by atoms with Crippen LogP contribution in [0.5, 0.6) is 0 Å². The average Bonchev–Trinajstić information content (AvgIpc) is 2.39. The third kappa shape index (κ3) is 1.68. The lowest BCUT2D eigenvalue weighted by atomic mass is 10.00. The van der Waals surface area contributed by atoms with E-state index in [1.807, 2.05) is 19.1 Å². The fourth-order valence-electron chi connectivity index (χ4n) is 2.19. The van der Waals surface area contributed by atoms with Crippen molar-refractivity contribution in [2.45, 2.75) is 24.2 Å². The number of sulfone groups is 1. The van der Waals surface area contributed by atoms with Crippen molar-refractivity contribution < 1.29 is 13.5 Å². The van der Waals surface area contributed by atoms with Crippen molar-refractivity contribution in [3.8, 4) is 0 Å². The van der Waals surface area contributed by atoms with E-state index in [4.69, 9.17) is 5.11 Å². The molecule has 4 heteroatoms. The van der Waals surface area contributed by atoms with Crippen molar-refractivity contribution in [3.05, 3.63) is 29.3 Å². The molecule has 1 aromatic rings. The molecule has 1 aliphatic heterocycles. The van der Waals surface area contributed by atoms with Crippen molar-refractivity contribution in [1.29, 1.82) is 0 Å². The summed E-state index contributed by atoms with van der Waals surface area (Å²) in [6.45, 7) is 1.91. The van der Waals surface area contributed by atoms with Gasteiger partial charge in [0.25, 0.3) is 0 Å². The van der Waals surface area contributed by atoms with Crippen LogP contribution in [0.2, 0.25) is 0 Å².